The smallest absolute Gasteiger partial charge is 0.349 e. The molecule has 4 aliphatic carbocycles. The second-order valence-electron chi connectivity index (χ2n) is 12.4. The van der Waals surface area contributed by atoms with Crippen LogP contribution in [-0.2, 0) is 4.74 Å². The van der Waals surface area contributed by atoms with Crippen molar-refractivity contribution < 1.29 is 30.0 Å². The Morgan fingerprint density at radius 2 is 1.87 bits per heavy atom. The van der Waals surface area contributed by atoms with E-state index >= 15 is 0 Å². The van der Waals surface area contributed by atoms with Gasteiger partial charge in [-0.05, 0) is 64.7 Å². The molecule has 0 aliphatic heterocycles. The molecule has 0 amide bonds. The molecule has 4 aliphatic rings. The van der Waals surface area contributed by atoms with E-state index in [1.807, 2.05) is 54.8 Å². The molecule has 6 nitrogen and oxygen atoms in total. The molecule has 38 heavy (non-hydrogen) atoms. The first-order valence-electron chi connectivity index (χ1n) is 13.4. The molecule has 0 saturated heterocycles. The molecule has 202 valence electrons. The quantitative estimate of drug-likeness (QED) is 0.345. The first kappa shape index (κ1) is 26.0. The minimum Gasteiger partial charge on any atom is -0.450 e. The third-order valence-electron chi connectivity index (χ3n) is 10.3. The van der Waals surface area contributed by atoms with E-state index in [1.165, 1.54) is 11.3 Å². The maximum atomic E-state index is 13.6. The zero-order valence-electron chi connectivity index (χ0n) is 22.2. The maximum absolute atomic E-state index is 13.6. The highest BCUT2D eigenvalue weighted by molar-refractivity contribution is 7.12. The van der Waals surface area contributed by atoms with E-state index in [9.17, 15) is 25.2 Å². The second kappa shape index (κ2) is 8.60. The van der Waals surface area contributed by atoms with Gasteiger partial charge < -0.3 is 25.2 Å². The molecule has 7 heteroatoms. The highest BCUT2D eigenvalue weighted by Gasteiger charge is 2.76. The van der Waals surface area contributed by atoms with Crippen LogP contribution in [-0.4, -0.2) is 56.9 Å². The molecule has 9 atom stereocenters. The summed E-state index contributed by atoms with van der Waals surface area (Å²) < 4.78 is 6.10. The van der Waals surface area contributed by atoms with Gasteiger partial charge in [-0.3, -0.25) is 0 Å². The van der Waals surface area contributed by atoms with E-state index in [0.29, 0.717) is 16.4 Å². The zero-order valence-corrected chi connectivity index (χ0v) is 23.0. The molecule has 2 bridgehead atoms. The van der Waals surface area contributed by atoms with Gasteiger partial charge in [-0.2, -0.15) is 0 Å². The third-order valence-corrected chi connectivity index (χ3v) is 11.2. The van der Waals surface area contributed by atoms with Crippen molar-refractivity contribution in [2.45, 2.75) is 58.0 Å². The van der Waals surface area contributed by atoms with Crippen molar-refractivity contribution in [2.75, 3.05) is 6.61 Å². The molecular formula is C31H36O6S. The number of hydrogen-bond donors (Lipinski definition) is 4. The summed E-state index contributed by atoms with van der Waals surface area (Å²) in [5.74, 6) is -0.619. The van der Waals surface area contributed by atoms with Gasteiger partial charge in [0.25, 0.3) is 0 Å². The van der Waals surface area contributed by atoms with Crippen LogP contribution in [0.15, 0.2) is 65.1 Å². The number of aliphatic hydroxyl groups excluding tert-OH is 3. The van der Waals surface area contributed by atoms with Crippen molar-refractivity contribution in [1.29, 1.82) is 0 Å². The zero-order chi connectivity index (χ0) is 27.2. The summed E-state index contributed by atoms with van der Waals surface area (Å²) in [5.41, 5.74) is -0.796. The number of thiophene rings is 1. The average molecular weight is 537 g/mol. The van der Waals surface area contributed by atoms with Gasteiger partial charge in [-0.1, -0.05) is 63.3 Å². The standard InChI is InChI=1S/C31H36O6S/c1-16-14-30-17(2)12-22-23(29(22,3)4)21(26(30)34)13-19(15-32)25(33)31(30,36)27(16)37-28(35)24-20(10-11-38-24)18-8-6-5-7-9-18/h5-11,13-14,17,21-23,25-27,32-34,36H,12,15H2,1-4H3/t17-,21+,22-,23+,25-,26?,27+,30+,31+/m1/s1. The maximum Gasteiger partial charge on any atom is 0.349 e. The highest BCUT2D eigenvalue weighted by Crippen LogP contribution is 2.72. The molecular weight excluding hydrogens is 500 g/mol. The Balaban J connectivity index is 1.43. The largest absolute Gasteiger partial charge is 0.450 e. The average Bonchev–Trinajstić information content (AvgIpc) is 3.20. The van der Waals surface area contributed by atoms with Gasteiger partial charge in [-0.25, -0.2) is 4.79 Å². The Morgan fingerprint density at radius 1 is 1.16 bits per heavy atom. The predicted molar refractivity (Wildman–Crippen MR) is 145 cm³/mol. The first-order chi connectivity index (χ1) is 18.0. The van der Waals surface area contributed by atoms with Gasteiger partial charge in [0.1, 0.15) is 16.6 Å². The number of fused-ring (bicyclic) bond motifs is 3. The molecule has 0 radical (unpaired) electrons. The lowest BCUT2D eigenvalue weighted by molar-refractivity contribution is -0.215. The van der Waals surface area contributed by atoms with Crippen molar-refractivity contribution in [3.05, 3.63) is 70.0 Å². The summed E-state index contributed by atoms with van der Waals surface area (Å²) in [6.45, 7) is 7.74. The lowest BCUT2D eigenvalue weighted by Gasteiger charge is -2.52. The SMILES string of the molecule is CC1=C[C@]23C(O)[C@@H](C=C(CO)[C@@H](O)[C@]2(O)[C@H]1OC(=O)c1sccc1-c1ccccc1)[C@H]1[C@@H](C[C@H]3C)C1(C)C. The number of rotatable bonds is 4. The van der Waals surface area contributed by atoms with Crippen LogP contribution in [0.5, 0.6) is 0 Å². The molecule has 2 aromatic rings. The fourth-order valence-corrected chi connectivity index (χ4v) is 9.17. The summed E-state index contributed by atoms with van der Waals surface area (Å²) in [5, 5.41) is 48.6. The first-order valence-corrected chi connectivity index (χ1v) is 14.3. The lowest BCUT2D eigenvalue weighted by Crippen LogP contribution is -2.66. The minimum absolute atomic E-state index is 0.0161. The van der Waals surface area contributed by atoms with Crippen molar-refractivity contribution >= 4 is 17.3 Å². The summed E-state index contributed by atoms with van der Waals surface area (Å²) >= 11 is 1.26. The fourth-order valence-electron chi connectivity index (χ4n) is 8.38. The number of ether oxygens (including phenoxy) is 1. The van der Waals surface area contributed by atoms with Crippen LogP contribution in [0.1, 0.15) is 43.8 Å². The number of hydrogen-bond acceptors (Lipinski definition) is 7. The minimum atomic E-state index is -2.04. The van der Waals surface area contributed by atoms with E-state index in [2.05, 4.69) is 13.8 Å². The Hall–Kier alpha value is -2.29. The number of carbonyl (C=O) groups is 1. The van der Waals surface area contributed by atoms with Crippen LogP contribution in [0.4, 0.5) is 0 Å². The Morgan fingerprint density at radius 3 is 2.55 bits per heavy atom. The van der Waals surface area contributed by atoms with Crippen LogP contribution >= 0.6 is 11.3 Å². The number of benzene rings is 1. The summed E-state index contributed by atoms with van der Waals surface area (Å²) in [7, 11) is 0. The Kier molecular flexibility index (Phi) is 5.88. The Labute approximate surface area is 227 Å². The van der Waals surface area contributed by atoms with Crippen LogP contribution in [0.3, 0.4) is 0 Å². The second-order valence-corrected chi connectivity index (χ2v) is 13.3. The van der Waals surface area contributed by atoms with Crippen molar-refractivity contribution in [3.8, 4) is 11.1 Å². The van der Waals surface area contributed by atoms with E-state index < -0.39 is 41.9 Å². The number of carbonyl (C=O) groups excluding carboxylic acids is 1. The number of esters is 1. The van der Waals surface area contributed by atoms with E-state index in [0.717, 1.165) is 17.5 Å². The topological polar surface area (TPSA) is 107 Å². The lowest BCUT2D eigenvalue weighted by atomic mass is 9.58. The molecule has 1 aromatic heterocycles. The molecule has 1 spiro atoms. The third kappa shape index (κ3) is 3.23. The van der Waals surface area contributed by atoms with Gasteiger partial charge in [0.2, 0.25) is 0 Å². The van der Waals surface area contributed by atoms with Crippen LogP contribution in [0.25, 0.3) is 11.1 Å². The fraction of sp³-hybridized carbons (Fsp3) is 0.516. The van der Waals surface area contributed by atoms with Crippen molar-refractivity contribution in [2.24, 2.45) is 34.5 Å². The van der Waals surface area contributed by atoms with Crippen LogP contribution in [0.2, 0.25) is 0 Å². The number of aliphatic hydroxyl groups is 4. The summed E-state index contributed by atoms with van der Waals surface area (Å²) in [6, 6.07) is 11.4. The Bertz CT molecular complexity index is 1330. The van der Waals surface area contributed by atoms with Crippen LogP contribution in [0, 0.1) is 34.5 Å². The van der Waals surface area contributed by atoms with Crippen LogP contribution < -0.4 is 0 Å². The van der Waals surface area contributed by atoms with Gasteiger partial charge in [-0.15, -0.1) is 11.3 Å². The molecule has 1 aromatic carbocycles. The van der Waals surface area contributed by atoms with Gasteiger partial charge >= 0.3 is 5.97 Å². The molecule has 2 saturated carbocycles. The molecule has 4 N–H and O–H groups in total. The summed E-state index contributed by atoms with van der Waals surface area (Å²) in [6.07, 6.45) is 0.691. The monoisotopic (exact) mass is 536 g/mol. The van der Waals surface area contributed by atoms with Gasteiger partial charge in [0.05, 0.1) is 18.1 Å². The van der Waals surface area contributed by atoms with Crippen molar-refractivity contribution in [3.63, 3.8) is 0 Å². The van der Waals surface area contributed by atoms with Crippen molar-refractivity contribution in [1.82, 2.24) is 0 Å². The summed E-state index contributed by atoms with van der Waals surface area (Å²) in [4.78, 5) is 14.1. The van der Waals surface area contributed by atoms with Gasteiger partial charge in [0, 0.05) is 11.5 Å². The van der Waals surface area contributed by atoms with E-state index in [4.69, 9.17) is 4.74 Å². The normalized spacial score (nSPS) is 40.7. The predicted octanol–water partition coefficient (Wildman–Crippen LogP) is 4.20. The highest BCUT2D eigenvalue weighted by atomic mass is 32.1. The molecule has 6 rings (SSSR count). The molecule has 1 unspecified atom stereocenters. The molecule has 1 heterocycles. The van der Waals surface area contributed by atoms with Gasteiger partial charge in [0.15, 0.2) is 6.10 Å². The molecule has 2 fully saturated rings. The van der Waals surface area contributed by atoms with E-state index in [-0.39, 0.29) is 28.7 Å². The van der Waals surface area contributed by atoms with E-state index in [1.54, 1.807) is 13.0 Å².